The Bertz CT molecular complexity index is 569. The van der Waals surface area contributed by atoms with Gasteiger partial charge < -0.3 is 14.8 Å². The van der Waals surface area contributed by atoms with Crippen molar-refractivity contribution in [3.8, 4) is 5.75 Å². The predicted molar refractivity (Wildman–Crippen MR) is 77.6 cm³/mol. The van der Waals surface area contributed by atoms with Crippen LogP contribution in [0.25, 0.3) is 0 Å². The molecular formula is C15H18N2O5. The van der Waals surface area contributed by atoms with E-state index in [4.69, 9.17) is 9.47 Å². The van der Waals surface area contributed by atoms with Gasteiger partial charge >= 0.3 is 12.0 Å². The number of hydrogen-bond donors (Lipinski definition) is 2. The first kappa shape index (κ1) is 15.8. The Balaban J connectivity index is 1.80. The molecule has 2 rings (SSSR count). The van der Waals surface area contributed by atoms with Crippen molar-refractivity contribution in [3.63, 3.8) is 0 Å². The van der Waals surface area contributed by atoms with Gasteiger partial charge in [-0.25, -0.2) is 9.59 Å². The fourth-order valence-electron chi connectivity index (χ4n) is 1.69. The highest BCUT2D eigenvalue weighted by Crippen LogP contribution is 2.18. The van der Waals surface area contributed by atoms with Crippen LogP contribution in [0.15, 0.2) is 24.3 Å². The molecule has 118 valence electrons. The molecule has 0 unspecified atom stereocenters. The molecule has 7 heteroatoms. The fourth-order valence-corrected chi connectivity index (χ4v) is 1.69. The molecule has 0 atom stereocenters. The smallest absolute Gasteiger partial charge is 0.338 e. The number of hydrogen-bond acceptors (Lipinski definition) is 5. The number of imide groups is 1. The third-order valence-electron chi connectivity index (χ3n) is 2.88. The number of rotatable bonds is 6. The molecule has 1 aliphatic carbocycles. The van der Waals surface area contributed by atoms with Crippen LogP contribution >= 0.6 is 0 Å². The number of amides is 3. The van der Waals surface area contributed by atoms with Crippen LogP contribution in [-0.2, 0) is 9.53 Å². The summed E-state index contributed by atoms with van der Waals surface area (Å²) in [5.74, 6) is -0.663. The summed E-state index contributed by atoms with van der Waals surface area (Å²) < 4.78 is 10.1. The minimum atomic E-state index is -0.556. The highest BCUT2D eigenvalue weighted by atomic mass is 16.5. The highest BCUT2D eigenvalue weighted by Gasteiger charge is 2.23. The average molecular weight is 306 g/mol. The Labute approximate surface area is 128 Å². The van der Waals surface area contributed by atoms with Crippen molar-refractivity contribution in [3.05, 3.63) is 29.8 Å². The van der Waals surface area contributed by atoms with Gasteiger partial charge in [0, 0.05) is 6.04 Å². The second kappa shape index (κ2) is 7.44. The number of esters is 1. The summed E-state index contributed by atoms with van der Waals surface area (Å²) in [7, 11) is 0. The van der Waals surface area contributed by atoms with Crippen molar-refractivity contribution in [2.45, 2.75) is 25.8 Å². The monoisotopic (exact) mass is 306 g/mol. The van der Waals surface area contributed by atoms with Gasteiger partial charge in [0.2, 0.25) is 0 Å². The van der Waals surface area contributed by atoms with Gasteiger partial charge in [0.25, 0.3) is 5.91 Å². The Morgan fingerprint density at radius 2 is 2.05 bits per heavy atom. The lowest BCUT2D eigenvalue weighted by molar-refractivity contribution is -0.122. The van der Waals surface area contributed by atoms with Gasteiger partial charge in [-0.05, 0) is 38.0 Å². The van der Waals surface area contributed by atoms with Gasteiger partial charge in [0.1, 0.15) is 5.75 Å². The van der Waals surface area contributed by atoms with Crippen molar-refractivity contribution in [1.29, 1.82) is 0 Å². The Hall–Kier alpha value is -2.57. The molecule has 1 saturated carbocycles. The Morgan fingerprint density at radius 1 is 1.27 bits per heavy atom. The van der Waals surface area contributed by atoms with E-state index in [-0.39, 0.29) is 19.3 Å². The summed E-state index contributed by atoms with van der Waals surface area (Å²) >= 11 is 0. The molecule has 0 radical (unpaired) electrons. The van der Waals surface area contributed by atoms with Gasteiger partial charge in [-0.15, -0.1) is 0 Å². The number of ether oxygens (including phenoxy) is 2. The zero-order valence-electron chi connectivity index (χ0n) is 12.3. The number of urea groups is 1. The van der Waals surface area contributed by atoms with Crippen molar-refractivity contribution < 1.29 is 23.9 Å². The maximum Gasteiger partial charge on any atom is 0.338 e. The van der Waals surface area contributed by atoms with Gasteiger partial charge in [-0.2, -0.15) is 0 Å². The van der Waals surface area contributed by atoms with Crippen LogP contribution in [0.3, 0.4) is 0 Å². The molecule has 22 heavy (non-hydrogen) atoms. The first-order chi connectivity index (χ1) is 10.6. The molecule has 0 aliphatic heterocycles. The average Bonchev–Trinajstić information content (AvgIpc) is 3.29. The van der Waals surface area contributed by atoms with E-state index in [2.05, 4.69) is 10.6 Å². The van der Waals surface area contributed by atoms with Gasteiger partial charge in [0.05, 0.1) is 12.2 Å². The van der Waals surface area contributed by atoms with Crippen LogP contribution in [0.4, 0.5) is 4.79 Å². The lowest BCUT2D eigenvalue weighted by Crippen LogP contribution is -2.42. The maximum absolute atomic E-state index is 11.6. The van der Waals surface area contributed by atoms with E-state index in [0.29, 0.717) is 11.3 Å². The summed E-state index contributed by atoms with van der Waals surface area (Å²) in [6.45, 7) is 1.68. The third kappa shape index (κ3) is 5.08. The van der Waals surface area contributed by atoms with E-state index < -0.39 is 17.9 Å². The molecule has 3 amide bonds. The molecule has 0 heterocycles. The van der Waals surface area contributed by atoms with Crippen LogP contribution in [0.1, 0.15) is 30.1 Å². The van der Waals surface area contributed by atoms with Gasteiger partial charge in [-0.3, -0.25) is 10.1 Å². The normalized spacial score (nSPS) is 13.1. The molecule has 0 saturated heterocycles. The first-order valence-corrected chi connectivity index (χ1v) is 7.09. The first-order valence-electron chi connectivity index (χ1n) is 7.09. The minimum Gasteiger partial charge on any atom is -0.484 e. The van der Waals surface area contributed by atoms with E-state index in [1.165, 1.54) is 6.07 Å². The minimum absolute atomic E-state index is 0.176. The lowest BCUT2D eigenvalue weighted by Gasteiger charge is -2.08. The van der Waals surface area contributed by atoms with Crippen LogP contribution in [-0.4, -0.2) is 37.2 Å². The Kier molecular flexibility index (Phi) is 5.35. The summed E-state index contributed by atoms with van der Waals surface area (Å²) in [5.41, 5.74) is 0.339. The topological polar surface area (TPSA) is 93.7 Å². The van der Waals surface area contributed by atoms with Crippen molar-refractivity contribution in [2.75, 3.05) is 13.2 Å². The number of carbonyl (C=O) groups is 3. The summed E-state index contributed by atoms with van der Waals surface area (Å²) in [5, 5.41) is 4.81. The van der Waals surface area contributed by atoms with Gasteiger partial charge in [0.15, 0.2) is 6.61 Å². The van der Waals surface area contributed by atoms with Crippen LogP contribution < -0.4 is 15.4 Å². The van der Waals surface area contributed by atoms with Gasteiger partial charge in [-0.1, -0.05) is 6.07 Å². The molecule has 0 aromatic heterocycles. The predicted octanol–water partition coefficient (Wildman–Crippen LogP) is 1.23. The second-order valence-electron chi connectivity index (χ2n) is 4.83. The third-order valence-corrected chi connectivity index (χ3v) is 2.88. The quantitative estimate of drug-likeness (QED) is 0.771. The molecule has 7 nitrogen and oxygen atoms in total. The summed E-state index contributed by atoms with van der Waals surface area (Å²) in [6, 6.07) is 5.97. The summed E-state index contributed by atoms with van der Waals surface area (Å²) in [6.07, 6.45) is 1.89. The van der Waals surface area contributed by atoms with Crippen molar-refractivity contribution >= 4 is 17.9 Å². The Morgan fingerprint density at radius 3 is 2.73 bits per heavy atom. The fraction of sp³-hybridized carbons (Fsp3) is 0.400. The molecule has 1 aromatic rings. The number of carbonyl (C=O) groups excluding carboxylic acids is 3. The maximum atomic E-state index is 11.6. The second-order valence-corrected chi connectivity index (χ2v) is 4.83. The van der Waals surface area contributed by atoms with Crippen LogP contribution in [0.2, 0.25) is 0 Å². The molecule has 0 spiro atoms. The standard InChI is InChI=1S/C15H18N2O5/c1-2-21-14(19)10-4-3-5-12(8-10)22-9-13(18)17-15(20)16-11-6-7-11/h3-5,8,11H,2,6-7,9H2,1H3,(H2,16,17,18,20). The largest absolute Gasteiger partial charge is 0.484 e. The molecule has 2 N–H and O–H groups in total. The summed E-state index contributed by atoms with van der Waals surface area (Å²) in [4.78, 5) is 34.5. The number of nitrogens with one attached hydrogen (secondary N) is 2. The number of benzene rings is 1. The van der Waals surface area contributed by atoms with Crippen molar-refractivity contribution in [2.24, 2.45) is 0 Å². The molecular weight excluding hydrogens is 288 g/mol. The lowest BCUT2D eigenvalue weighted by atomic mass is 10.2. The zero-order chi connectivity index (χ0) is 15.9. The van der Waals surface area contributed by atoms with E-state index in [1.54, 1.807) is 25.1 Å². The zero-order valence-corrected chi connectivity index (χ0v) is 12.3. The van der Waals surface area contributed by atoms with Crippen molar-refractivity contribution in [1.82, 2.24) is 10.6 Å². The van der Waals surface area contributed by atoms with E-state index in [9.17, 15) is 14.4 Å². The molecule has 1 fully saturated rings. The van der Waals surface area contributed by atoms with E-state index in [0.717, 1.165) is 12.8 Å². The molecule has 1 aromatic carbocycles. The molecule has 1 aliphatic rings. The van der Waals surface area contributed by atoms with Crippen LogP contribution in [0, 0.1) is 0 Å². The van der Waals surface area contributed by atoms with E-state index >= 15 is 0 Å². The van der Waals surface area contributed by atoms with Crippen LogP contribution in [0.5, 0.6) is 5.75 Å². The highest BCUT2D eigenvalue weighted by molar-refractivity contribution is 5.95. The van der Waals surface area contributed by atoms with E-state index in [1.807, 2.05) is 0 Å². The SMILES string of the molecule is CCOC(=O)c1cccc(OCC(=O)NC(=O)NC2CC2)c1. The molecule has 0 bridgehead atoms.